The van der Waals surface area contributed by atoms with Gasteiger partial charge < -0.3 is 9.84 Å². The highest BCUT2D eigenvalue weighted by molar-refractivity contribution is 4.78. The van der Waals surface area contributed by atoms with Crippen LogP contribution in [-0.4, -0.2) is 47.9 Å². The molecule has 0 spiro atoms. The van der Waals surface area contributed by atoms with Gasteiger partial charge in [0, 0.05) is 26.0 Å². The van der Waals surface area contributed by atoms with Gasteiger partial charge in [0.05, 0.1) is 25.9 Å². The molecule has 6 heteroatoms. The summed E-state index contributed by atoms with van der Waals surface area (Å²) in [4.78, 5) is 5.00. The Morgan fingerprint density at radius 1 is 1.53 bits per heavy atom. The minimum atomic E-state index is -0.521. The van der Waals surface area contributed by atoms with Crippen molar-refractivity contribution in [2.75, 3.05) is 26.9 Å². The molecule has 1 atom stereocenters. The number of aromatic nitrogens is 2. The molecule has 0 aromatic carbocycles. The van der Waals surface area contributed by atoms with E-state index in [2.05, 4.69) is 10.6 Å². The zero-order chi connectivity index (χ0) is 10.9. The Kier molecular flexibility index (Phi) is 5.94. The Bertz CT molecular complexity index is 241. The van der Waals surface area contributed by atoms with E-state index in [0.29, 0.717) is 26.3 Å². The molecule has 0 radical (unpaired) electrons. The van der Waals surface area contributed by atoms with Crippen LogP contribution in [0.15, 0.2) is 18.5 Å². The summed E-state index contributed by atoms with van der Waals surface area (Å²) in [6, 6.07) is 1.81. The molecule has 1 unspecified atom stereocenters. The van der Waals surface area contributed by atoms with Gasteiger partial charge in [-0.05, 0) is 6.07 Å². The highest BCUT2D eigenvalue weighted by Crippen LogP contribution is 1.89. The molecule has 0 saturated carbocycles. The SMILES string of the molecule is COCCONCC(O)Cn1cccn1. The van der Waals surface area contributed by atoms with Crippen LogP contribution in [0.1, 0.15) is 0 Å². The molecule has 86 valence electrons. The van der Waals surface area contributed by atoms with E-state index in [1.54, 1.807) is 24.2 Å². The Balaban J connectivity index is 2.01. The topological polar surface area (TPSA) is 68.5 Å². The molecule has 1 rings (SSSR count). The molecule has 15 heavy (non-hydrogen) atoms. The molecule has 0 fully saturated rings. The van der Waals surface area contributed by atoms with Gasteiger partial charge in [-0.3, -0.25) is 9.52 Å². The Morgan fingerprint density at radius 3 is 3.07 bits per heavy atom. The molecular weight excluding hydrogens is 198 g/mol. The fourth-order valence-corrected chi connectivity index (χ4v) is 1.04. The standard InChI is InChI=1S/C9H17N3O3/c1-14-5-6-15-11-7-9(13)8-12-4-2-3-10-12/h2-4,9,11,13H,5-8H2,1H3. The summed E-state index contributed by atoms with van der Waals surface area (Å²) in [6.45, 7) is 1.81. The predicted octanol–water partition coefficient (Wildman–Crippen LogP) is -0.588. The van der Waals surface area contributed by atoms with Crippen molar-refractivity contribution in [3.8, 4) is 0 Å². The van der Waals surface area contributed by atoms with Crippen molar-refractivity contribution in [2.45, 2.75) is 12.6 Å². The van der Waals surface area contributed by atoms with Crippen molar-refractivity contribution >= 4 is 0 Å². The lowest BCUT2D eigenvalue weighted by molar-refractivity contribution is -0.0134. The fraction of sp³-hybridized carbons (Fsp3) is 0.667. The maximum absolute atomic E-state index is 9.54. The first-order chi connectivity index (χ1) is 7.33. The van der Waals surface area contributed by atoms with Crippen LogP contribution in [0.2, 0.25) is 0 Å². The Labute approximate surface area is 88.8 Å². The first-order valence-corrected chi connectivity index (χ1v) is 4.82. The molecular formula is C9H17N3O3. The van der Waals surface area contributed by atoms with Gasteiger partial charge in [-0.2, -0.15) is 10.6 Å². The summed E-state index contributed by atoms with van der Waals surface area (Å²) in [7, 11) is 1.61. The average molecular weight is 215 g/mol. The molecule has 2 N–H and O–H groups in total. The molecule has 0 saturated heterocycles. The summed E-state index contributed by atoms with van der Waals surface area (Å²) in [6.07, 6.45) is 2.96. The van der Waals surface area contributed by atoms with E-state index in [-0.39, 0.29) is 0 Å². The molecule has 0 aliphatic rings. The van der Waals surface area contributed by atoms with Gasteiger partial charge >= 0.3 is 0 Å². The van der Waals surface area contributed by atoms with Crippen molar-refractivity contribution in [2.24, 2.45) is 0 Å². The van der Waals surface area contributed by atoms with Crippen LogP contribution in [0, 0.1) is 0 Å². The van der Waals surface area contributed by atoms with Gasteiger partial charge in [0.2, 0.25) is 0 Å². The van der Waals surface area contributed by atoms with Gasteiger partial charge in [0.25, 0.3) is 0 Å². The number of nitrogens with one attached hydrogen (secondary N) is 1. The van der Waals surface area contributed by atoms with E-state index < -0.39 is 6.10 Å². The van der Waals surface area contributed by atoms with Crippen molar-refractivity contribution < 1.29 is 14.7 Å². The zero-order valence-electron chi connectivity index (χ0n) is 8.80. The molecule has 1 aromatic rings. The normalized spacial score (nSPS) is 12.9. The number of hydrogen-bond acceptors (Lipinski definition) is 5. The number of ether oxygens (including phenoxy) is 1. The minimum Gasteiger partial charge on any atom is -0.390 e. The number of methoxy groups -OCH3 is 1. The summed E-state index contributed by atoms with van der Waals surface area (Å²) >= 11 is 0. The lowest BCUT2D eigenvalue weighted by Crippen LogP contribution is -2.31. The van der Waals surface area contributed by atoms with Crippen LogP contribution in [0.3, 0.4) is 0 Å². The van der Waals surface area contributed by atoms with Crippen LogP contribution in [-0.2, 0) is 16.1 Å². The molecule has 0 aliphatic carbocycles. The fourth-order valence-electron chi connectivity index (χ4n) is 1.04. The maximum atomic E-state index is 9.54. The molecule has 1 heterocycles. The number of hydroxylamine groups is 1. The van der Waals surface area contributed by atoms with Crippen LogP contribution >= 0.6 is 0 Å². The number of aliphatic hydroxyl groups is 1. The molecule has 6 nitrogen and oxygen atoms in total. The second-order valence-electron chi connectivity index (χ2n) is 3.07. The second-order valence-corrected chi connectivity index (χ2v) is 3.07. The van der Waals surface area contributed by atoms with E-state index in [9.17, 15) is 5.11 Å². The largest absolute Gasteiger partial charge is 0.390 e. The van der Waals surface area contributed by atoms with Crippen LogP contribution in [0.5, 0.6) is 0 Å². The van der Waals surface area contributed by atoms with Crippen LogP contribution in [0.4, 0.5) is 0 Å². The smallest absolute Gasteiger partial charge is 0.0915 e. The zero-order valence-corrected chi connectivity index (χ0v) is 8.80. The van der Waals surface area contributed by atoms with Crippen LogP contribution in [0.25, 0.3) is 0 Å². The van der Waals surface area contributed by atoms with Gasteiger partial charge in [-0.25, -0.2) is 0 Å². The number of hydrogen-bond donors (Lipinski definition) is 2. The lowest BCUT2D eigenvalue weighted by Gasteiger charge is -2.11. The highest BCUT2D eigenvalue weighted by Gasteiger charge is 2.04. The monoisotopic (exact) mass is 215 g/mol. The van der Waals surface area contributed by atoms with Crippen molar-refractivity contribution in [3.05, 3.63) is 18.5 Å². The summed E-state index contributed by atoms with van der Waals surface area (Å²) in [5, 5.41) is 13.5. The predicted molar refractivity (Wildman–Crippen MR) is 54.1 cm³/mol. The number of rotatable bonds is 8. The Morgan fingerprint density at radius 2 is 2.40 bits per heavy atom. The lowest BCUT2D eigenvalue weighted by atomic mass is 10.3. The van der Waals surface area contributed by atoms with Crippen molar-refractivity contribution in [1.29, 1.82) is 0 Å². The number of aliphatic hydroxyl groups excluding tert-OH is 1. The highest BCUT2D eigenvalue weighted by atomic mass is 16.7. The van der Waals surface area contributed by atoms with E-state index in [4.69, 9.17) is 9.57 Å². The van der Waals surface area contributed by atoms with E-state index in [0.717, 1.165) is 0 Å². The van der Waals surface area contributed by atoms with Crippen LogP contribution < -0.4 is 5.48 Å². The molecule has 0 aliphatic heterocycles. The average Bonchev–Trinajstić information content (AvgIpc) is 2.70. The third-order valence-corrected chi connectivity index (χ3v) is 1.77. The first kappa shape index (κ1) is 12.1. The van der Waals surface area contributed by atoms with E-state index in [1.807, 2.05) is 6.07 Å². The van der Waals surface area contributed by atoms with Gasteiger partial charge in [-0.15, -0.1) is 0 Å². The minimum absolute atomic E-state index is 0.365. The van der Waals surface area contributed by atoms with Crippen molar-refractivity contribution in [1.82, 2.24) is 15.3 Å². The first-order valence-electron chi connectivity index (χ1n) is 4.82. The van der Waals surface area contributed by atoms with Gasteiger partial charge in [0.15, 0.2) is 0 Å². The number of nitrogens with zero attached hydrogens (tertiary/aromatic N) is 2. The Hall–Kier alpha value is -0.950. The van der Waals surface area contributed by atoms with E-state index in [1.165, 1.54) is 0 Å². The molecule has 1 aromatic heterocycles. The van der Waals surface area contributed by atoms with Gasteiger partial charge in [-0.1, -0.05) is 0 Å². The summed E-state index contributed by atoms with van der Waals surface area (Å²) < 4.78 is 6.46. The molecule has 0 amide bonds. The molecule has 0 bridgehead atoms. The third-order valence-electron chi connectivity index (χ3n) is 1.77. The summed E-state index contributed by atoms with van der Waals surface area (Å²) in [5.41, 5.74) is 2.66. The van der Waals surface area contributed by atoms with E-state index >= 15 is 0 Å². The third kappa shape index (κ3) is 5.48. The van der Waals surface area contributed by atoms with Crippen molar-refractivity contribution in [3.63, 3.8) is 0 Å². The second kappa shape index (κ2) is 7.36. The maximum Gasteiger partial charge on any atom is 0.0915 e. The quantitative estimate of drug-likeness (QED) is 0.448. The summed E-state index contributed by atoms with van der Waals surface area (Å²) in [5.74, 6) is 0. The van der Waals surface area contributed by atoms with Gasteiger partial charge in [0.1, 0.15) is 0 Å².